The highest BCUT2D eigenvalue weighted by Crippen LogP contribution is 2.33. The van der Waals surface area contributed by atoms with E-state index in [1.807, 2.05) is 36.4 Å². The second-order valence-corrected chi connectivity index (χ2v) is 6.12. The summed E-state index contributed by atoms with van der Waals surface area (Å²) in [6.07, 6.45) is 5.42. The van der Waals surface area contributed by atoms with Gasteiger partial charge in [0, 0.05) is 23.2 Å². The molecule has 1 aliphatic carbocycles. The molecule has 1 fully saturated rings. The number of hydrogen-bond donors (Lipinski definition) is 4. The molecule has 2 unspecified atom stereocenters. The van der Waals surface area contributed by atoms with Crippen LogP contribution in [0.1, 0.15) is 24.0 Å². The number of benzene rings is 2. The lowest BCUT2D eigenvalue weighted by molar-refractivity contribution is 0.472. The van der Waals surface area contributed by atoms with Gasteiger partial charge in [0.1, 0.15) is 11.5 Å². The summed E-state index contributed by atoms with van der Waals surface area (Å²) in [4.78, 5) is 0. The van der Waals surface area contributed by atoms with Crippen molar-refractivity contribution in [3.05, 3.63) is 70.8 Å². The fourth-order valence-electron chi connectivity index (χ4n) is 3.01. The van der Waals surface area contributed by atoms with Crippen molar-refractivity contribution < 1.29 is 10.2 Å². The highest BCUT2D eigenvalue weighted by atomic mass is 16.3. The molecule has 2 atom stereocenters. The van der Waals surface area contributed by atoms with E-state index in [9.17, 15) is 10.2 Å². The van der Waals surface area contributed by atoms with Crippen LogP contribution in [0, 0.1) is 0 Å². The minimum Gasteiger partial charge on any atom is -0.507 e. The third-order valence-corrected chi connectivity index (χ3v) is 4.45. The van der Waals surface area contributed by atoms with Crippen LogP contribution in [0.3, 0.4) is 0 Å². The molecule has 24 heavy (non-hydrogen) atoms. The van der Waals surface area contributed by atoms with Crippen molar-refractivity contribution in [2.24, 2.45) is 11.5 Å². The minimum atomic E-state index is -0.310. The molecule has 0 heterocycles. The van der Waals surface area contributed by atoms with Gasteiger partial charge < -0.3 is 21.7 Å². The standard InChI is InChI=1S/C20H22N2O2/c21-17-10-9-13(11-14-5-1-3-7-18(14)23)16(20(17)22)12-15-6-2-4-8-19(15)24/h1-8,11-12,17,20,23-24H,9-10,21-22H2. The van der Waals surface area contributed by atoms with Gasteiger partial charge in [-0.2, -0.15) is 0 Å². The topological polar surface area (TPSA) is 92.5 Å². The molecule has 3 rings (SSSR count). The zero-order valence-electron chi connectivity index (χ0n) is 13.4. The fraction of sp³-hybridized carbons (Fsp3) is 0.200. The highest BCUT2D eigenvalue weighted by Gasteiger charge is 2.26. The molecule has 0 spiro atoms. The summed E-state index contributed by atoms with van der Waals surface area (Å²) in [7, 11) is 0. The van der Waals surface area contributed by atoms with Gasteiger partial charge in [-0.3, -0.25) is 0 Å². The van der Waals surface area contributed by atoms with E-state index >= 15 is 0 Å². The smallest absolute Gasteiger partial charge is 0.122 e. The average molecular weight is 322 g/mol. The Hall–Kier alpha value is -2.56. The third kappa shape index (κ3) is 3.35. The molecule has 0 aromatic heterocycles. The summed E-state index contributed by atoms with van der Waals surface area (Å²) in [6.45, 7) is 0. The highest BCUT2D eigenvalue weighted by molar-refractivity contribution is 5.71. The second-order valence-electron chi connectivity index (χ2n) is 6.12. The Bertz CT molecular complexity index is 796. The molecule has 124 valence electrons. The Labute approximate surface area is 141 Å². The van der Waals surface area contributed by atoms with E-state index in [4.69, 9.17) is 11.5 Å². The van der Waals surface area contributed by atoms with Crippen LogP contribution in [-0.4, -0.2) is 22.3 Å². The van der Waals surface area contributed by atoms with Crippen molar-refractivity contribution in [2.45, 2.75) is 24.9 Å². The molecule has 0 radical (unpaired) electrons. The maximum Gasteiger partial charge on any atom is 0.122 e. The van der Waals surface area contributed by atoms with Gasteiger partial charge in [0.05, 0.1) is 0 Å². The maximum atomic E-state index is 10.0. The molecule has 0 amide bonds. The van der Waals surface area contributed by atoms with Crippen LogP contribution in [0.15, 0.2) is 59.7 Å². The fourth-order valence-corrected chi connectivity index (χ4v) is 3.01. The van der Waals surface area contributed by atoms with Crippen LogP contribution < -0.4 is 11.5 Å². The molecular formula is C20H22N2O2. The summed E-state index contributed by atoms with van der Waals surface area (Å²) < 4.78 is 0. The molecule has 4 heteroatoms. The third-order valence-electron chi connectivity index (χ3n) is 4.45. The zero-order valence-corrected chi connectivity index (χ0v) is 13.4. The van der Waals surface area contributed by atoms with E-state index in [-0.39, 0.29) is 23.6 Å². The van der Waals surface area contributed by atoms with E-state index in [0.29, 0.717) is 5.56 Å². The van der Waals surface area contributed by atoms with E-state index in [1.165, 1.54) is 0 Å². The van der Waals surface area contributed by atoms with Crippen molar-refractivity contribution in [2.75, 3.05) is 0 Å². The van der Waals surface area contributed by atoms with E-state index in [2.05, 4.69) is 0 Å². The van der Waals surface area contributed by atoms with Gasteiger partial charge in [0.25, 0.3) is 0 Å². The Morgan fingerprint density at radius 1 is 0.833 bits per heavy atom. The van der Waals surface area contributed by atoms with Crippen molar-refractivity contribution >= 4 is 12.2 Å². The molecule has 6 N–H and O–H groups in total. The lowest BCUT2D eigenvalue weighted by Gasteiger charge is -2.31. The van der Waals surface area contributed by atoms with Crippen LogP contribution in [0.4, 0.5) is 0 Å². The van der Waals surface area contributed by atoms with Crippen LogP contribution in [-0.2, 0) is 0 Å². The van der Waals surface area contributed by atoms with Crippen molar-refractivity contribution in [3.8, 4) is 11.5 Å². The van der Waals surface area contributed by atoms with E-state index < -0.39 is 0 Å². The van der Waals surface area contributed by atoms with E-state index in [0.717, 1.165) is 29.6 Å². The quantitative estimate of drug-likeness (QED) is 0.684. The van der Waals surface area contributed by atoms with Crippen LogP contribution in [0.5, 0.6) is 11.5 Å². The number of aromatic hydroxyl groups is 2. The molecule has 2 aromatic rings. The second kappa shape index (κ2) is 6.91. The zero-order chi connectivity index (χ0) is 17.1. The number of phenols is 2. The largest absolute Gasteiger partial charge is 0.507 e. The van der Waals surface area contributed by atoms with Crippen molar-refractivity contribution in [3.63, 3.8) is 0 Å². The Kier molecular flexibility index (Phi) is 4.69. The molecular weight excluding hydrogens is 300 g/mol. The summed E-state index contributed by atoms with van der Waals surface area (Å²) in [5, 5.41) is 20.1. The molecule has 0 saturated heterocycles. The first-order valence-corrected chi connectivity index (χ1v) is 8.06. The van der Waals surface area contributed by atoms with Gasteiger partial charge in [-0.05, 0) is 48.3 Å². The van der Waals surface area contributed by atoms with Gasteiger partial charge in [-0.15, -0.1) is 0 Å². The first-order valence-electron chi connectivity index (χ1n) is 8.06. The number of hydrogen-bond acceptors (Lipinski definition) is 4. The van der Waals surface area contributed by atoms with Gasteiger partial charge in [0.15, 0.2) is 0 Å². The molecule has 0 aliphatic heterocycles. The SMILES string of the molecule is NC1CCC(=Cc2ccccc2O)C(=Cc2ccccc2O)C1N. The minimum absolute atomic E-state index is 0.122. The number of nitrogens with two attached hydrogens (primary N) is 2. The van der Waals surface area contributed by atoms with Gasteiger partial charge in [-0.25, -0.2) is 0 Å². The normalized spacial score (nSPS) is 24.4. The van der Waals surface area contributed by atoms with Crippen molar-refractivity contribution in [1.29, 1.82) is 0 Å². The number of para-hydroxylation sites is 2. The lowest BCUT2D eigenvalue weighted by atomic mass is 9.81. The molecule has 0 bridgehead atoms. The Morgan fingerprint density at radius 3 is 1.96 bits per heavy atom. The van der Waals surface area contributed by atoms with Gasteiger partial charge in [-0.1, -0.05) is 36.4 Å². The molecule has 4 nitrogen and oxygen atoms in total. The molecule has 2 aromatic carbocycles. The van der Waals surface area contributed by atoms with E-state index in [1.54, 1.807) is 24.3 Å². The summed E-state index contributed by atoms with van der Waals surface area (Å²) in [5.41, 5.74) is 15.9. The summed E-state index contributed by atoms with van der Waals surface area (Å²) in [6, 6.07) is 13.9. The predicted molar refractivity (Wildman–Crippen MR) is 97.4 cm³/mol. The average Bonchev–Trinajstić information content (AvgIpc) is 2.58. The monoisotopic (exact) mass is 322 g/mol. The van der Waals surface area contributed by atoms with Crippen molar-refractivity contribution in [1.82, 2.24) is 0 Å². The lowest BCUT2D eigenvalue weighted by Crippen LogP contribution is -2.45. The molecule has 1 saturated carbocycles. The Morgan fingerprint density at radius 2 is 1.38 bits per heavy atom. The van der Waals surface area contributed by atoms with Crippen LogP contribution >= 0.6 is 0 Å². The van der Waals surface area contributed by atoms with Gasteiger partial charge >= 0.3 is 0 Å². The Balaban J connectivity index is 2.07. The first-order chi connectivity index (χ1) is 11.6. The van der Waals surface area contributed by atoms with Crippen LogP contribution in [0.2, 0.25) is 0 Å². The number of phenolic OH excluding ortho intramolecular Hbond substituents is 2. The molecule has 1 aliphatic rings. The summed E-state index contributed by atoms with van der Waals surface area (Å²) in [5.74, 6) is 0.439. The first kappa shape index (κ1) is 16.3. The van der Waals surface area contributed by atoms with Crippen LogP contribution in [0.25, 0.3) is 12.2 Å². The van der Waals surface area contributed by atoms with Gasteiger partial charge in [0.2, 0.25) is 0 Å². The maximum absolute atomic E-state index is 10.0. The predicted octanol–water partition coefficient (Wildman–Crippen LogP) is 3.01. The summed E-state index contributed by atoms with van der Waals surface area (Å²) >= 11 is 0. The number of rotatable bonds is 2.